The number of aromatic nitrogens is 2. The molecule has 20 heavy (non-hydrogen) atoms. The molecule has 3 N–H and O–H groups in total. The van der Waals surface area contributed by atoms with Gasteiger partial charge in [0.05, 0.1) is 29.0 Å². The fraction of sp³-hybridized carbons (Fsp3) is 0.250. The van der Waals surface area contributed by atoms with E-state index in [0.717, 1.165) is 0 Å². The van der Waals surface area contributed by atoms with Crippen molar-refractivity contribution in [2.75, 3.05) is 13.1 Å². The summed E-state index contributed by atoms with van der Waals surface area (Å²) in [7, 11) is 0. The van der Waals surface area contributed by atoms with Crippen molar-refractivity contribution in [1.29, 1.82) is 0 Å². The lowest BCUT2D eigenvalue weighted by atomic mass is 10.1. The molecule has 7 nitrogen and oxygen atoms in total. The van der Waals surface area contributed by atoms with E-state index >= 15 is 0 Å². The van der Waals surface area contributed by atoms with Gasteiger partial charge in [-0.1, -0.05) is 11.6 Å². The highest BCUT2D eigenvalue weighted by molar-refractivity contribution is 6.35. The van der Waals surface area contributed by atoms with Gasteiger partial charge in [-0.2, -0.15) is 0 Å². The molecule has 1 aromatic carbocycles. The Morgan fingerprint density at radius 3 is 2.95 bits per heavy atom. The molecule has 0 fully saturated rings. The number of halogens is 1. The predicted molar refractivity (Wildman–Crippen MR) is 72.6 cm³/mol. The van der Waals surface area contributed by atoms with Crippen molar-refractivity contribution < 1.29 is 14.8 Å². The number of aromatic amines is 1. The van der Waals surface area contributed by atoms with E-state index in [9.17, 15) is 14.8 Å². The normalized spacial score (nSPS) is 10.6. The van der Waals surface area contributed by atoms with Crippen molar-refractivity contribution in [2.24, 2.45) is 0 Å². The third kappa shape index (κ3) is 2.89. The molecule has 0 aliphatic heterocycles. The molecular weight excluding hydrogens is 284 g/mol. The Morgan fingerprint density at radius 1 is 1.50 bits per heavy atom. The molecule has 106 valence electrons. The largest absolute Gasteiger partial charge is 0.350 e. The molecule has 0 spiro atoms. The van der Waals surface area contributed by atoms with Gasteiger partial charge in [-0.15, -0.1) is 0 Å². The number of rotatable bonds is 4. The van der Waals surface area contributed by atoms with E-state index in [2.05, 4.69) is 15.3 Å². The third-order valence-corrected chi connectivity index (χ3v) is 3.06. The van der Waals surface area contributed by atoms with Gasteiger partial charge in [0, 0.05) is 13.5 Å². The van der Waals surface area contributed by atoms with Crippen LogP contribution in [0.25, 0.3) is 11.0 Å². The molecule has 1 heterocycles. The number of carbonyl (C=O) groups excluding carboxylic acids is 2. The van der Waals surface area contributed by atoms with E-state index in [-0.39, 0.29) is 23.7 Å². The Bertz CT molecular complexity index is 655. The van der Waals surface area contributed by atoms with Gasteiger partial charge in [0.15, 0.2) is 0 Å². The van der Waals surface area contributed by atoms with Crippen LogP contribution < -0.4 is 5.32 Å². The van der Waals surface area contributed by atoms with Crippen LogP contribution >= 0.6 is 11.6 Å². The van der Waals surface area contributed by atoms with Crippen molar-refractivity contribution >= 4 is 34.4 Å². The second-order valence-corrected chi connectivity index (χ2v) is 4.53. The standard InChI is InChI=1S/C12H13ClN4O3/c1-7(18)17(20)5-4-14-12(19)10-8(13)2-3-9-11(10)16-6-15-9/h2-3,6,20H,4-5H2,1H3,(H,14,19)(H,15,16). The van der Waals surface area contributed by atoms with Crippen LogP contribution in [0.3, 0.4) is 0 Å². The van der Waals surface area contributed by atoms with E-state index in [1.807, 2.05) is 0 Å². The van der Waals surface area contributed by atoms with E-state index in [1.165, 1.54) is 13.3 Å². The maximum absolute atomic E-state index is 12.1. The SMILES string of the molecule is CC(=O)N(O)CCNC(=O)c1c(Cl)ccc2[nH]cnc12. The predicted octanol–water partition coefficient (Wildman–Crippen LogP) is 1.18. The number of hydrogen-bond acceptors (Lipinski definition) is 4. The minimum atomic E-state index is -0.494. The number of hydrogen-bond donors (Lipinski definition) is 3. The van der Waals surface area contributed by atoms with Gasteiger partial charge in [-0.3, -0.25) is 14.8 Å². The lowest BCUT2D eigenvalue weighted by Gasteiger charge is -2.13. The molecule has 0 aliphatic rings. The maximum Gasteiger partial charge on any atom is 0.255 e. The fourth-order valence-electron chi connectivity index (χ4n) is 1.72. The van der Waals surface area contributed by atoms with Crippen LogP contribution in [0.15, 0.2) is 18.5 Å². The van der Waals surface area contributed by atoms with Crippen molar-refractivity contribution in [2.45, 2.75) is 6.92 Å². The Balaban J connectivity index is 2.10. The Morgan fingerprint density at radius 2 is 2.25 bits per heavy atom. The highest BCUT2D eigenvalue weighted by Gasteiger charge is 2.16. The summed E-state index contributed by atoms with van der Waals surface area (Å²) in [6.45, 7) is 1.32. The number of amides is 2. The van der Waals surface area contributed by atoms with E-state index < -0.39 is 11.8 Å². The van der Waals surface area contributed by atoms with Gasteiger partial charge < -0.3 is 10.3 Å². The van der Waals surface area contributed by atoms with Crippen molar-refractivity contribution in [3.63, 3.8) is 0 Å². The number of benzene rings is 1. The zero-order chi connectivity index (χ0) is 14.7. The van der Waals surface area contributed by atoms with Gasteiger partial charge >= 0.3 is 0 Å². The number of nitrogens with zero attached hydrogens (tertiary/aromatic N) is 2. The topological polar surface area (TPSA) is 98.3 Å². The molecule has 1 aromatic heterocycles. The van der Waals surface area contributed by atoms with Crippen molar-refractivity contribution in [3.05, 3.63) is 29.0 Å². The summed E-state index contributed by atoms with van der Waals surface area (Å²) < 4.78 is 0. The lowest BCUT2D eigenvalue weighted by molar-refractivity contribution is -0.162. The second kappa shape index (κ2) is 5.89. The summed E-state index contributed by atoms with van der Waals surface area (Å²) in [5.74, 6) is -0.906. The first kappa shape index (κ1) is 14.3. The number of fused-ring (bicyclic) bond motifs is 1. The smallest absolute Gasteiger partial charge is 0.255 e. The Labute approximate surface area is 119 Å². The molecule has 2 aromatic rings. The number of imidazole rings is 1. The van der Waals surface area contributed by atoms with Gasteiger partial charge in [-0.25, -0.2) is 10.0 Å². The average molecular weight is 297 g/mol. The fourth-order valence-corrected chi connectivity index (χ4v) is 1.96. The van der Waals surface area contributed by atoms with Gasteiger partial charge in [0.1, 0.15) is 5.52 Å². The molecule has 8 heteroatoms. The summed E-state index contributed by atoms with van der Waals surface area (Å²) in [4.78, 5) is 29.9. The van der Waals surface area contributed by atoms with Crippen LogP contribution in [0.4, 0.5) is 0 Å². The van der Waals surface area contributed by atoms with E-state index in [4.69, 9.17) is 11.6 Å². The van der Waals surface area contributed by atoms with Crippen molar-refractivity contribution in [3.8, 4) is 0 Å². The molecular formula is C12H13ClN4O3. The van der Waals surface area contributed by atoms with E-state index in [1.54, 1.807) is 12.1 Å². The first-order valence-electron chi connectivity index (χ1n) is 5.87. The Hall–Kier alpha value is -2.12. The summed E-state index contributed by atoms with van der Waals surface area (Å²) in [5.41, 5.74) is 1.44. The quantitative estimate of drug-likeness (QED) is 0.583. The third-order valence-electron chi connectivity index (χ3n) is 2.74. The highest BCUT2D eigenvalue weighted by atomic mass is 35.5. The molecule has 0 aliphatic carbocycles. The van der Waals surface area contributed by atoms with Crippen LogP contribution in [0.5, 0.6) is 0 Å². The summed E-state index contributed by atoms with van der Waals surface area (Å²) in [6, 6.07) is 3.33. The minimum Gasteiger partial charge on any atom is -0.350 e. The lowest BCUT2D eigenvalue weighted by Crippen LogP contribution is -2.35. The highest BCUT2D eigenvalue weighted by Crippen LogP contribution is 2.23. The van der Waals surface area contributed by atoms with Crippen molar-refractivity contribution in [1.82, 2.24) is 20.3 Å². The summed E-state index contributed by atoms with van der Waals surface area (Å²) in [6.07, 6.45) is 1.48. The molecule has 0 bridgehead atoms. The molecule has 0 atom stereocenters. The molecule has 2 amide bonds. The van der Waals surface area contributed by atoms with Crippen LogP contribution in [-0.2, 0) is 4.79 Å². The molecule has 0 radical (unpaired) electrons. The summed E-state index contributed by atoms with van der Waals surface area (Å²) in [5, 5.41) is 12.6. The molecule has 0 unspecified atom stereocenters. The monoisotopic (exact) mass is 296 g/mol. The van der Waals surface area contributed by atoms with Crippen LogP contribution in [-0.4, -0.2) is 45.1 Å². The zero-order valence-corrected chi connectivity index (χ0v) is 11.4. The first-order chi connectivity index (χ1) is 9.50. The average Bonchev–Trinajstić information content (AvgIpc) is 2.86. The number of carbonyl (C=O) groups is 2. The van der Waals surface area contributed by atoms with Crippen LogP contribution in [0.2, 0.25) is 5.02 Å². The van der Waals surface area contributed by atoms with Crippen LogP contribution in [0.1, 0.15) is 17.3 Å². The number of hydroxylamine groups is 2. The second-order valence-electron chi connectivity index (χ2n) is 4.12. The Kier molecular flexibility index (Phi) is 4.21. The minimum absolute atomic E-state index is 0.00473. The van der Waals surface area contributed by atoms with Gasteiger partial charge in [-0.05, 0) is 12.1 Å². The van der Waals surface area contributed by atoms with Gasteiger partial charge in [0.2, 0.25) is 5.91 Å². The zero-order valence-electron chi connectivity index (χ0n) is 10.7. The molecule has 0 saturated heterocycles. The van der Waals surface area contributed by atoms with E-state index in [0.29, 0.717) is 16.1 Å². The number of H-pyrrole nitrogens is 1. The number of nitrogens with one attached hydrogen (secondary N) is 2. The van der Waals surface area contributed by atoms with Crippen LogP contribution in [0, 0.1) is 0 Å². The van der Waals surface area contributed by atoms with Gasteiger partial charge in [0.25, 0.3) is 5.91 Å². The summed E-state index contributed by atoms with van der Waals surface area (Å²) >= 11 is 6.02. The maximum atomic E-state index is 12.1. The molecule has 2 rings (SSSR count). The first-order valence-corrected chi connectivity index (χ1v) is 6.25. The molecule has 0 saturated carbocycles.